The maximum atomic E-state index is 12.8. The highest BCUT2D eigenvalue weighted by Crippen LogP contribution is 2.26. The van der Waals surface area contributed by atoms with Crippen LogP contribution in [0.3, 0.4) is 0 Å². The maximum absolute atomic E-state index is 12.8. The van der Waals surface area contributed by atoms with Gasteiger partial charge in [0.2, 0.25) is 0 Å². The minimum Gasteiger partial charge on any atom is -0.465 e. The number of amides is 1. The zero-order valence-electron chi connectivity index (χ0n) is 15.2. The highest BCUT2D eigenvalue weighted by Gasteiger charge is 2.18. The molecule has 27 heavy (non-hydrogen) atoms. The minimum atomic E-state index is -0.549. The molecular formula is C22H20N2O3. The van der Waals surface area contributed by atoms with Gasteiger partial charge in [0.05, 0.1) is 29.6 Å². The first-order valence-electron chi connectivity index (χ1n) is 8.50. The Labute approximate surface area is 158 Å². The van der Waals surface area contributed by atoms with Crippen molar-refractivity contribution in [1.29, 1.82) is 0 Å². The van der Waals surface area contributed by atoms with Gasteiger partial charge in [-0.25, -0.2) is 4.79 Å². The Morgan fingerprint density at radius 2 is 1.37 bits per heavy atom. The van der Waals surface area contributed by atoms with Crippen molar-refractivity contribution < 1.29 is 14.3 Å². The first-order valence-corrected chi connectivity index (χ1v) is 8.50. The van der Waals surface area contributed by atoms with Gasteiger partial charge in [-0.3, -0.25) is 4.79 Å². The number of rotatable bonds is 5. The average molecular weight is 360 g/mol. The molecule has 0 saturated heterocycles. The summed E-state index contributed by atoms with van der Waals surface area (Å²) >= 11 is 0. The molecule has 2 N–H and O–H groups in total. The number of hydrogen-bond donors (Lipinski definition) is 2. The molecule has 0 fully saturated rings. The molecule has 3 aromatic carbocycles. The van der Waals surface area contributed by atoms with Crippen LogP contribution in [0.4, 0.5) is 17.1 Å². The number of hydrogen-bond acceptors (Lipinski definition) is 4. The lowest BCUT2D eigenvalue weighted by Crippen LogP contribution is -2.17. The lowest BCUT2D eigenvalue weighted by molar-refractivity contribution is 0.0597. The second-order valence-electron chi connectivity index (χ2n) is 6.03. The third kappa shape index (κ3) is 4.33. The van der Waals surface area contributed by atoms with E-state index in [0.717, 1.165) is 11.4 Å². The highest BCUT2D eigenvalue weighted by atomic mass is 16.5. The van der Waals surface area contributed by atoms with Crippen molar-refractivity contribution in [3.63, 3.8) is 0 Å². The van der Waals surface area contributed by atoms with Crippen LogP contribution in [-0.4, -0.2) is 19.0 Å². The fourth-order valence-corrected chi connectivity index (χ4v) is 2.65. The molecule has 0 aliphatic rings. The standard InChI is InChI=1S/C22H20N2O3/c1-15-11-13-16(14-12-15)23-19-9-5-6-10-20(19)24-21(25)17-7-3-4-8-18(17)22(26)27-2/h3-14,23H,1-2H3,(H,24,25). The van der Waals surface area contributed by atoms with Crippen LogP contribution >= 0.6 is 0 Å². The van der Waals surface area contributed by atoms with Crippen LogP contribution in [0.2, 0.25) is 0 Å². The molecule has 3 rings (SSSR count). The Hall–Kier alpha value is -3.60. The van der Waals surface area contributed by atoms with Gasteiger partial charge in [-0.2, -0.15) is 0 Å². The molecule has 0 radical (unpaired) electrons. The number of ether oxygens (including phenoxy) is 1. The Morgan fingerprint density at radius 1 is 0.778 bits per heavy atom. The normalized spacial score (nSPS) is 10.1. The van der Waals surface area contributed by atoms with E-state index in [1.165, 1.54) is 12.7 Å². The number of para-hydroxylation sites is 2. The monoisotopic (exact) mass is 360 g/mol. The van der Waals surface area contributed by atoms with Gasteiger partial charge in [0, 0.05) is 5.69 Å². The lowest BCUT2D eigenvalue weighted by atomic mass is 10.1. The van der Waals surface area contributed by atoms with E-state index in [2.05, 4.69) is 10.6 Å². The highest BCUT2D eigenvalue weighted by molar-refractivity contribution is 6.12. The van der Waals surface area contributed by atoms with Crippen LogP contribution < -0.4 is 10.6 Å². The quantitative estimate of drug-likeness (QED) is 0.643. The second kappa shape index (κ2) is 8.19. The Morgan fingerprint density at radius 3 is 2.04 bits per heavy atom. The third-order valence-electron chi connectivity index (χ3n) is 4.08. The number of anilines is 3. The van der Waals surface area contributed by atoms with E-state index in [1.54, 1.807) is 30.3 Å². The second-order valence-corrected chi connectivity index (χ2v) is 6.03. The largest absolute Gasteiger partial charge is 0.465 e. The summed E-state index contributed by atoms with van der Waals surface area (Å²) in [7, 11) is 1.29. The van der Waals surface area contributed by atoms with Crippen molar-refractivity contribution in [3.05, 3.63) is 89.5 Å². The van der Waals surface area contributed by atoms with Crippen molar-refractivity contribution in [2.24, 2.45) is 0 Å². The van der Waals surface area contributed by atoms with Crippen LogP contribution in [0.5, 0.6) is 0 Å². The smallest absolute Gasteiger partial charge is 0.338 e. The van der Waals surface area contributed by atoms with E-state index >= 15 is 0 Å². The summed E-state index contributed by atoms with van der Waals surface area (Å²) in [5, 5.41) is 6.17. The van der Waals surface area contributed by atoms with Crippen molar-refractivity contribution in [1.82, 2.24) is 0 Å². The molecule has 0 aliphatic heterocycles. The van der Waals surface area contributed by atoms with Crippen LogP contribution in [0, 0.1) is 6.92 Å². The minimum absolute atomic E-state index is 0.224. The van der Waals surface area contributed by atoms with E-state index < -0.39 is 5.97 Å². The molecule has 0 atom stereocenters. The zero-order valence-corrected chi connectivity index (χ0v) is 15.2. The van der Waals surface area contributed by atoms with Crippen molar-refractivity contribution in [2.45, 2.75) is 6.92 Å². The number of carbonyl (C=O) groups is 2. The predicted octanol–water partition coefficient (Wildman–Crippen LogP) is 4.78. The third-order valence-corrected chi connectivity index (χ3v) is 4.08. The fourth-order valence-electron chi connectivity index (χ4n) is 2.65. The lowest BCUT2D eigenvalue weighted by Gasteiger charge is -2.14. The average Bonchev–Trinajstić information content (AvgIpc) is 2.70. The zero-order chi connectivity index (χ0) is 19.2. The molecular weight excluding hydrogens is 340 g/mol. The van der Waals surface area contributed by atoms with Gasteiger partial charge < -0.3 is 15.4 Å². The summed E-state index contributed by atoms with van der Waals surface area (Å²) in [6.07, 6.45) is 0. The summed E-state index contributed by atoms with van der Waals surface area (Å²) in [6.45, 7) is 2.02. The van der Waals surface area contributed by atoms with Gasteiger partial charge in [0.15, 0.2) is 0 Å². The van der Waals surface area contributed by atoms with Crippen LogP contribution in [0.1, 0.15) is 26.3 Å². The number of carbonyl (C=O) groups excluding carboxylic acids is 2. The van der Waals surface area contributed by atoms with Crippen LogP contribution in [0.25, 0.3) is 0 Å². The molecule has 1 amide bonds. The molecule has 136 valence electrons. The van der Waals surface area contributed by atoms with Gasteiger partial charge in [-0.05, 0) is 43.3 Å². The molecule has 0 bridgehead atoms. The van der Waals surface area contributed by atoms with Gasteiger partial charge in [0.1, 0.15) is 0 Å². The Balaban J connectivity index is 1.85. The SMILES string of the molecule is COC(=O)c1ccccc1C(=O)Nc1ccccc1Nc1ccc(C)cc1. The molecule has 0 aromatic heterocycles. The van der Waals surface area contributed by atoms with Crippen molar-refractivity contribution in [2.75, 3.05) is 17.7 Å². The molecule has 0 saturated carbocycles. The number of nitrogens with one attached hydrogen (secondary N) is 2. The maximum Gasteiger partial charge on any atom is 0.338 e. The number of aryl methyl sites for hydroxylation is 1. The number of esters is 1. The molecule has 0 unspecified atom stereocenters. The van der Waals surface area contributed by atoms with E-state index in [1.807, 2.05) is 49.4 Å². The van der Waals surface area contributed by atoms with Crippen molar-refractivity contribution >= 4 is 28.9 Å². The Kier molecular flexibility index (Phi) is 5.52. The van der Waals surface area contributed by atoms with E-state index in [0.29, 0.717) is 5.69 Å². The van der Waals surface area contributed by atoms with Gasteiger partial charge in [0.25, 0.3) is 5.91 Å². The molecule has 0 aliphatic carbocycles. The van der Waals surface area contributed by atoms with Gasteiger partial charge >= 0.3 is 5.97 Å². The molecule has 0 heterocycles. The van der Waals surface area contributed by atoms with E-state index in [-0.39, 0.29) is 17.0 Å². The summed E-state index contributed by atoms with van der Waals surface area (Å²) in [5.74, 6) is -0.930. The number of benzene rings is 3. The topological polar surface area (TPSA) is 67.4 Å². The molecule has 0 spiro atoms. The molecule has 5 heteroatoms. The van der Waals surface area contributed by atoms with Gasteiger partial charge in [-0.15, -0.1) is 0 Å². The van der Waals surface area contributed by atoms with E-state index in [9.17, 15) is 9.59 Å². The first kappa shape index (κ1) is 18.2. The van der Waals surface area contributed by atoms with Crippen molar-refractivity contribution in [3.8, 4) is 0 Å². The predicted molar refractivity (Wildman–Crippen MR) is 107 cm³/mol. The van der Waals surface area contributed by atoms with Crippen LogP contribution in [-0.2, 0) is 4.74 Å². The summed E-state index contributed by atoms with van der Waals surface area (Å²) in [6, 6.07) is 21.9. The summed E-state index contributed by atoms with van der Waals surface area (Å²) in [4.78, 5) is 24.7. The summed E-state index contributed by atoms with van der Waals surface area (Å²) in [5.41, 5.74) is 3.93. The molecule has 3 aromatic rings. The Bertz CT molecular complexity index is 965. The molecule has 5 nitrogen and oxygen atoms in total. The van der Waals surface area contributed by atoms with Crippen LogP contribution in [0.15, 0.2) is 72.8 Å². The number of methoxy groups -OCH3 is 1. The van der Waals surface area contributed by atoms with E-state index in [4.69, 9.17) is 4.74 Å². The summed E-state index contributed by atoms with van der Waals surface area (Å²) < 4.78 is 4.76. The fraction of sp³-hybridized carbons (Fsp3) is 0.0909. The first-order chi connectivity index (χ1) is 13.1. The van der Waals surface area contributed by atoms with Gasteiger partial charge in [-0.1, -0.05) is 42.0 Å².